The van der Waals surface area contributed by atoms with Gasteiger partial charge in [-0.1, -0.05) is 50.3 Å². The number of allylic oxidation sites excluding steroid dienone is 5. The van der Waals surface area contributed by atoms with Crippen molar-refractivity contribution in [3.63, 3.8) is 0 Å². The van der Waals surface area contributed by atoms with Gasteiger partial charge >= 0.3 is 0 Å². The Morgan fingerprint density at radius 1 is 1.03 bits per heavy atom. The summed E-state index contributed by atoms with van der Waals surface area (Å²) in [4.78, 5) is 0. The minimum atomic E-state index is 0.211. The van der Waals surface area contributed by atoms with Crippen molar-refractivity contribution in [2.45, 2.75) is 112 Å². The van der Waals surface area contributed by atoms with Crippen LogP contribution in [0.2, 0.25) is 0 Å². The van der Waals surface area contributed by atoms with E-state index in [1.165, 1.54) is 75.4 Å². The second kappa shape index (κ2) is 8.27. The summed E-state index contributed by atoms with van der Waals surface area (Å²) in [7, 11) is 0. The van der Waals surface area contributed by atoms with E-state index in [-0.39, 0.29) is 6.61 Å². The highest BCUT2D eigenvalue weighted by atomic mass is 16.3. The van der Waals surface area contributed by atoms with Crippen LogP contribution in [0.4, 0.5) is 0 Å². The Bertz CT molecular complexity index is 780. The lowest BCUT2D eigenvalue weighted by atomic mass is 9.51. The molecule has 1 unspecified atom stereocenters. The van der Waals surface area contributed by atoms with Gasteiger partial charge in [-0.05, 0) is 124 Å². The molecule has 168 valence electrons. The summed E-state index contributed by atoms with van der Waals surface area (Å²) in [5.41, 5.74) is 10.7. The molecule has 4 rings (SSSR count). The van der Waals surface area contributed by atoms with Crippen LogP contribution in [0.3, 0.4) is 0 Å². The average Bonchev–Trinajstić information content (AvgIpc) is 3.01. The van der Waals surface area contributed by atoms with E-state index in [4.69, 9.17) is 0 Å². The fourth-order valence-corrected chi connectivity index (χ4v) is 8.24. The number of aliphatic hydroxyl groups is 1. The summed E-state index contributed by atoms with van der Waals surface area (Å²) in [6.45, 7) is 14.7. The molecule has 1 fully saturated rings. The molecule has 0 aromatic heterocycles. The monoisotopic (exact) mass is 410 g/mol. The Hall–Kier alpha value is -0.820. The van der Waals surface area contributed by atoms with Gasteiger partial charge in [0.15, 0.2) is 0 Å². The first-order valence-electron chi connectivity index (χ1n) is 12.9. The zero-order valence-electron chi connectivity index (χ0n) is 20.7. The first-order chi connectivity index (χ1) is 14.2. The molecule has 1 heteroatoms. The third-order valence-corrected chi connectivity index (χ3v) is 10.4. The Balaban J connectivity index is 1.59. The minimum Gasteiger partial charge on any atom is -0.392 e. The maximum atomic E-state index is 9.46. The minimum absolute atomic E-state index is 0.211. The van der Waals surface area contributed by atoms with Gasteiger partial charge in [-0.25, -0.2) is 0 Å². The van der Waals surface area contributed by atoms with Crippen molar-refractivity contribution in [1.82, 2.24) is 0 Å². The van der Waals surface area contributed by atoms with Crippen molar-refractivity contribution < 1.29 is 5.11 Å². The van der Waals surface area contributed by atoms with Crippen LogP contribution in [0.15, 0.2) is 33.4 Å². The van der Waals surface area contributed by atoms with Gasteiger partial charge in [-0.2, -0.15) is 0 Å². The van der Waals surface area contributed by atoms with E-state index in [1.54, 1.807) is 5.57 Å². The van der Waals surface area contributed by atoms with E-state index in [2.05, 4.69) is 41.5 Å². The zero-order chi connectivity index (χ0) is 21.7. The summed E-state index contributed by atoms with van der Waals surface area (Å²) in [5.74, 6) is 2.49. The Morgan fingerprint density at radius 2 is 1.80 bits per heavy atom. The Kier molecular flexibility index (Phi) is 6.17. The predicted octanol–water partition coefficient (Wildman–Crippen LogP) is 8.15. The maximum absolute atomic E-state index is 9.46. The third kappa shape index (κ3) is 3.48. The molecule has 0 aliphatic heterocycles. The van der Waals surface area contributed by atoms with E-state index >= 15 is 0 Å². The van der Waals surface area contributed by atoms with Gasteiger partial charge in [0.2, 0.25) is 0 Å². The molecule has 4 aliphatic carbocycles. The molecular formula is C29H46O. The number of hydrogen-bond donors (Lipinski definition) is 1. The van der Waals surface area contributed by atoms with Crippen LogP contribution >= 0.6 is 0 Å². The SMILES string of the molecule is CC(CO)=C(C)CC[C@@H](C)[C@H]1CC(C)=C2C3=C(CC[C@@]21C)[C@@]1(C)CCCCC1CC3. The number of aliphatic hydroxyl groups excluding tert-OH is 1. The lowest BCUT2D eigenvalue weighted by Gasteiger charge is -2.53. The van der Waals surface area contributed by atoms with E-state index in [1.807, 2.05) is 16.7 Å². The standard InChI is InChI=1S/C29H46O/c1-19(22(4)18-30)10-11-20(2)26-17-21(3)27-24-13-12-23-9-7-8-15-28(23,5)25(24)14-16-29(26,27)6/h20,23,26,30H,7-18H2,1-6H3/t20-,23?,26-,28+,29-/m1/s1. The van der Waals surface area contributed by atoms with Crippen LogP contribution < -0.4 is 0 Å². The second-order valence-electron chi connectivity index (χ2n) is 12.0. The van der Waals surface area contributed by atoms with Crippen LogP contribution in [0.5, 0.6) is 0 Å². The molecule has 0 aromatic rings. The predicted molar refractivity (Wildman–Crippen MR) is 128 cm³/mol. The summed E-state index contributed by atoms with van der Waals surface area (Å²) in [5, 5.41) is 9.46. The molecule has 5 atom stereocenters. The van der Waals surface area contributed by atoms with Gasteiger partial charge in [0.25, 0.3) is 0 Å². The maximum Gasteiger partial charge on any atom is 0.0641 e. The molecule has 0 spiro atoms. The average molecular weight is 411 g/mol. The van der Waals surface area contributed by atoms with Crippen LogP contribution in [0, 0.1) is 28.6 Å². The lowest BCUT2D eigenvalue weighted by Crippen LogP contribution is -2.41. The van der Waals surface area contributed by atoms with Gasteiger partial charge in [0, 0.05) is 0 Å². The van der Waals surface area contributed by atoms with Crippen molar-refractivity contribution in [2.75, 3.05) is 6.61 Å². The van der Waals surface area contributed by atoms with Crippen LogP contribution in [0.25, 0.3) is 0 Å². The van der Waals surface area contributed by atoms with Gasteiger partial charge in [0.1, 0.15) is 0 Å². The first kappa shape index (κ1) is 22.4. The first-order valence-corrected chi connectivity index (χ1v) is 12.9. The largest absolute Gasteiger partial charge is 0.392 e. The van der Waals surface area contributed by atoms with Gasteiger partial charge in [0.05, 0.1) is 6.61 Å². The Labute approximate surface area is 186 Å². The molecule has 30 heavy (non-hydrogen) atoms. The van der Waals surface area contributed by atoms with Gasteiger partial charge < -0.3 is 5.11 Å². The molecule has 0 bridgehead atoms. The van der Waals surface area contributed by atoms with Crippen LogP contribution in [-0.4, -0.2) is 11.7 Å². The molecule has 1 saturated carbocycles. The topological polar surface area (TPSA) is 20.2 Å². The molecule has 0 saturated heterocycles. The highest BCUT2D eigenvalue weighted by molar-refractivity contribution is 5.52. The molecular weight excluding hydrogens is 364 g/mol. The molecule has 1 nitrogen and oxygen atoms in total. The van der Waals surface area contributed by atoms with Crippen molar-refractivity contribution >= 4 is 0 Å². The number of rotatable bonds is 5. The second-order valence-corrected chi connectivity index (χ2v) is 12.0. The van der Waals surface area contributed by atoms with E-state index in [0.717, 1.165) is 24.2 Å². The normalized spacial score (nSPS) is 38.1. The fourth-order valence-electron chi connectivity index (χ4n) is 8.24. The van der Waals surface area contributed by atoms with Gasteiger partial charge in [-0.15, -0.1) is 0 Å². The summed E-state index contributed by atoms with van der Waals surface area (Å²) in [6, 6.07) is 0. The molecule has 0 amide bonds. The molecule has 1 N–H and O–H groups in total. The fraction of sp³-hybridized carbons (Fsp3) is 0.793. The van der Waals surface area contributed by atoms with E-state index in [0.29, 0.717) is 10.8 Å². The molecule has 0 heterocycles. The molecule has 0 aromatic carbocycles. The molecule has 0 radical (unpaired) electrons. The smallest absolute Gasteiger partial charge is 0.0641 e. The molecule has 4 aliphatic rings. The quantitative estimate of drug-likeness (QED) is 0.453. The number of hydrogen-bond acceptors (Lipinski definition) is 1. The summed E-state index contributed by atoms with van der Waals surface area (Å²) in [6.07, 6.45) is 15.1. The van der Waals surface area contributed by atoms with Crippen molar-refractivity contribution in [1.29, 1.82) is 0 Å². The third-order valence-electron chi connectivity index (χ3n) is 10.4. The Morgan fingerprint density at radius 3 is 2.53 bits per heavy atom. The lowest BCUT2D eigenvalue weighted by molar-refractivity contribution is 0.107. The number of fused-ring (bicyclic) bond motifs is 4. The summed E-state index contributed by atoms with van der Waals surface area (Å²) >= 11 is 0. The van der Waals surface area contributed by atoms with Crippen LogP contribution in [0.1, 0.15) is 112 Å². The zero-order valence-corrected chi connectivity index (χ0v) is 20.7. The van der Waals surface area contributed by atoms with E-state index < -0.39 is 0 Å². The highest BCUT2D eigenvalue weighted by Gasteiger charge is 2.53. The highest BCUT2D eigenvalue weighted by Crippen LogP contribution is 2.65. The van der Waals surface area contributed by atoms with Crippen molar-refractivity contribution in [3.8, 4) is 0 Å². The van der Waals surface area contributed by atoms with E-state index in [9.17, 15) is 5.11 Å². The van der Waals surface area contributed by atoms with Crippen molar-refractivity contribution in [3.05, 3.63) is 33.4 Å². The van der Waals surface area contributed by atoms with Gasteiger partial charge in [-0.3, -0.25) is 0 Å². The summed E-state index contributed by atoms with van der Waals surface area (Å²) < 4.78 is 0. The van der Waals surface area contributed by atoms with Crippen molar-refractivity contribution in [2.24, 2.45) is 28.6 Å². The van der Waals surface area contributed by atoms with Crippen LogP contribution in [-0.2, 0) is 0 Å².